The Morgan fingerprint density at radius 1 is 1.40 bits per heavy atom. The van der Waals surface area contributed by atoms with E-state index in [1.807, 2.05) is 22.6 Å². The molecule has 20 heavy (non-hydrogen) atoms. The molecule has 0 bridgehead atoms. The number of ether oxygens (including phenoxy) is 1. The van der Waals surface area contributed by atoms with Crippen molar-refractivity contribution < 1.29 is 9.53 Å². The molecule has 0 saturated carbocycles. The second-order valence-corrected chi connectivity index (χ2v) is 5.44. The van der Waals surface area contributed by atoms with Gasteiger partial charge in [-0.2, -0.15) is 0 Å². The lowest BCUT2D eigenvalue weighted by Gasteiger charge is -2.30. The maximum Gasteiger partial charge on any atom is 0.245 e. The van der Waals surface area contributed by atoms with Crippen molar-refractivity contribution in [3.63, 3.8) is 0 Å². The van der Waals surface area contributed by atoms with Crippen LogP contribution >= 0.6 is 0 Å². The first-order chi connectivity index (χ1) is 9.59. The Morgan fingerprint density at radius 3 is 2.75 bits per heavy atom. The van der Waals surface area contributed by atoms with Crippen molar-refractivity contribution in [1.82, 2.24) is 19.8 Å². The lowest BCUT2D eigenvalue weighted by atomic mass is 10.2. The van der Waals surface area contributed by atoms with E-state index in [0.717, 1.165) is 12.2 Å². The predicted octanol–water partition coefficient (Wildman–Crippen LogP) is 0.801. The average Bonchev–Trinajstić information content (AvgIpc) is 2.93. The maximum absolute atomic E-state index is 12.5. The summed E-state index contributed by atoms with van der Waals surface area (Å²) >= 11 is 0. The number of nitrogens with one attached hydrogen (secondary N) is 1. The van der Waals surface area contributed by atoms with Gasteiger partial charge in [0, 0.05) is 31.9 Å². The molecule has 112 valence electrons. The predicted molar refractivity (Wildman–Crippen MR) is 76.3 cm³/mol. The number of aromatic nitrogens is 2. The summed E-state index contributed by atoms with van der Waals surface area (Å²) in [5.74, 6) is 0.136. The van der Waals surface area contributed by atoms with Crippen LogP contribution in [0.4, 0.5) is 0 Å². The molecule has 0 aliphatic carbocycles. The SMILES string of the molecule is CC(C)NCc1cncn1C(C)C(=O)N1CCOCC1. The Balaban J connectivity index is 2.02. The molecule has 6 heteroatoms. The standard InChI is InChI=1S/C14H24N4O2/c1-11(2)16-9-13-8-15-10-18(13)12(3)14(19)17-4-6-20-7-5-17/h8,10-12,16H,4-7,9H2,1-3H3. The molecule has 1 saturated heterocycles. The molecule has 2 rings (SSSR count). The van der Waals surface area contributed by atoms with E-state index in [-0.39, 0.29) is 11.9 Å². The Labute approximate surface area is 120 Å². The van der Waals surface area contributed by atoms with Gasteiger partial charge in [-0.15, -0.1) is 0 Å². The molecule has 1 aromatic rings. The highest BCUT2D eigenvalue weighted by Crippen LogP contribution is 2.14. The zero-order valence-corrected chi connectivity index (χ0v) is 12.5. The maximum atomic E-state index is 12.5. The van der Waals surface area contributed by atoms with Gasteiger partial charge in [0.1, 0.15) is 6.04 Å². The Morgan fingerprint density at radius 2 is 2.10 bits per heavy atom. The lowest BCUT2D eigenvalue weighted by Crippen LogP contribution is -2.43. The Kier molecular flexibility index (Phi) is 5.14. The van der Waals surface area contributed by atoms with Crippen molar-refractivity contribution in [2.45, 2.75) is 39.4 Å². The first-order valence-electron chi connectivity index (χ1n) is 7.20. The quantitative estimate of drug-likeness (QED) is 0.867. The number of nitrogens with zero attached hydrogens (tertiary/aromatic N) is 3. The molecular weight excluding hydrogens is 256 g/mol. The summed E-state index contributed by atoms with van der Waals surface area (Å²) in [7, 11) is 0. The van der Waals surface area contributed by atoms with Gasteiger partial charge in [0.15, 0.2) is 0 Å². The van der Waals surface area contributed by atoms with Crippen LogP contribution in [0.3, 0.4) is 0 Å². The van der Waals surface area contributed by atoms with Crippen LogP contribution in [0.2, 0.25) is 0 Å². The monoisotopic (exact) mass is 280 g/mol. The van der Waals surface area contributed by atoms with Crippen LogP contribution in [-0.2, 0) is 16.1 Å². The molecule has 2 heterocycles. The lowest BCUT2D eigenvalue weighted by molar-refractivity contribution is -0.138. The van der Waals surface area contributed by atoms with Crippen LogP contribution in [-0.4, -0.2) is 52.7 Å². The molecule has 1 aliphatic heterocycles. The zero-order chi connectivity index (χ0) is 14.5. The van der Waals surface area contributed by atoms with Gasteiger partial charge < -0.3 is 19.5 Å². The van der Waals surface area contributed by atoms with Crippen molar-refractivity contribution in [2.75, 3.05) is 26.3 Å². The van der Waals surface area contributed by atoms with Crippen LogP contribution in [0.15, 0.2) is 12.5 Å². The topological polar surface area (TPSA) is 59.4 Å². The highest BCUT2D eigenvalue weighted by Gasteiger charge is 2.24. The number of imidazole rings is 1. The van der Waals surface area contributed by atoms with Gasteiger partial charge in [-0.3, -0.25) is 4.79 Å². The summed E-state index contributed by atoms with van der Waals surface area (Å²) in [6.45, 7) is 9.46. The summed E-state index contributed by atoms with van der Waals surface area (Å²) in [6.07, 6.45) is 3.55. The van der Waals surface area contributed by atoms with Crippen LogP contribution < -0.4 is 5.32 Å². The van der Waals surface area contributed by atoms with Crippen LogP contribution in [0.1, 0.15) is 32.5 Å². The van der Waals surface area contributed by atoms with Crippen LogP contribution in [0.5, 0.6) is 0 Å². The Bertz CT molecular complexity index is 438. The van der Waals surface area contributed by atoms with Crippen molar-refractivity contribution in [2.24, 2.45) is 0 Å². The van der Waals surface area contributed by atoms with Crippen LogP contribution in [0, 0.1) is 0 Å². The van der Waals surface area contributed by atoms with E-state index in [2.05, 4.69) is 24.1 Å². The highest BCUT2D eigenvalue weighted by molar-refractivity contribution is 5.80. The number of carbonyl (C=O) groups is 1. The minimum atomic E-state index is -0.223. The van der Waals surface area contributed by atoms with E-state index >= 15 is 0 Å². The fourth-order valence-corrected chi connectivity index (χ4v) is 2.29. The van der Waals surface area contributed by atoms with Crippen molar-refractivity contribution in [1.29, 1.82) is 0 Å². The van der Waals surface area contributed by atoms with Crippen LogP contribution in [0.25, 0.3) is 0 Å². The van der Waals surface area contributed by atoms with Gasteiger partial charge >= 0.3 is 0 Å². The van der Waals surface area contributed by atoms with E-state index in [0.29, 0.717) is 32.3 Å². The zero-order valence-electron chi connectivity index (χ0n) is 12.5. The summed E-state index contributed by atoms with van der Waals surface area (Å²) in [4.78, 5) is 18.5. The molecule has 0 aromatic carbocycles. The van der Waals surface area contributed by atoms with Gasteiger partial charge in [-0.05, 0) is 6.92 Å². The van der Waals surface area contributed by atoms with Gasteiger partial charge in [-0.25, -0.2) is 4.98 Å². The molecule has 1 atom stereocenters. The van der Waals surface area contributed by atoms with Gasteiger partial charge in [0.2, 0.25) is 5.91 Å². The van der Waals surface area contributed by atoms with E-state index in [4.69, 9.17) is 4.74 Å². The summed E-state index contributed by atoms with van der Waals surface area (Å²) in [5.41, 5.74) is 1.04. The van der Waals surface area contributed by atoms with Crippen molar-refractivity contribution in [3.05, 3.63) is 18.2 Å². The smallest absolute Gasteiger partial charge is 0.245 e. The third-order valence-corrected chi connectivity index (χ3v) is 3.54. The van der Waals surface area contributed by atoms with Crippen molar-refractivity contribution >= 4 is 5.91 Å². The number of rotatable bonds is 5. The normalized spacial score (nSPS) is 17.5. The fourth-order valence-electron chi connectivity index (χ4n) is 2.29. The van der Waals surface area contributed by atoms with Crippen molar-refractivity contribution in [3.8, 4) is 0 Å². The highest BCUT2D eigenvalue weighted by atomic mass is 16.5. The molecule has 1 aliphatic rings. The molecule has 1 amide bonds. The van der Waals surface area contributed by atoms with E-state index in [1.54, 1.807) is 6.33 Å². The van der Waals surface area contributed by atoms with Gasteiger partial charge in [-0.1, -0.05) is 13.8 Å². The van der Waals surface area contributed by atoms with E-state index in [9.17, 15) is 4.79 Å². The Hall–Kier alpha value is -1.40. The molecule has 6 nitrogen and oxygen atoms in total. The first kappa shape index (κ1) is 15.0. The minimum absolute atomic E-state index is 0.136. The molecular formula is C14H24N4O2. The molecule has 1 N–H and O–H groups in total. The number of hydrogen-bond acceptors (Lipinski definition) is 4. The second kappa shape index (κ2) is 6.85. The molecule has 1 aromatic heterocycles. The van der Waals surface area contributed by atoms with E-state index in [1.165, 1.54) is 0 Å². The summed E-state index contributed by atoms with van der Waals surface area (Å²) in [5, 5.41) is 3.36. The third-order valence-electron chi connectivity index (χ3n) is 3.54. The summed E-state index contributed by atoms with van der Waals surface area (Å²) in [6, 6.07) is 0.183. The second-order valence-electron chi connectivity index (χ2n) is 5.44. The molecule has 1 fully saturated rings. The number of carbonyl (C=O) groups excluding carboxylic acids is 1. The number of amides is 1. The third kappa shape index (κ3) is 3.58. The molecule has 0 radical (unpaired) electrons. The number of morpholine rings is 1. The molecule has 0 spiro atoms. The first-order valence-corrected chi connectivity index (χ1v) is 7.20. The van der Waals surface area contributed by atoms with E-state index < -0.39 is 0 Å². The number of hydrogen-bond donors (Lipinski definition) is 1. The largest absolute Gasteiger partial charge is 0.378 e. The fraction of sp³-hybridized carbons (Fsp3) is 0.714. The minimum Gasteiger partial charge on any atom is -0.378 e. The van der Waals surface area contributed by atoms with Gasteiger partial charge in [0.05, 0.1) is 25.2 Å². The average molecular weight is 280 g/mol. The summed E-state index contributed by atoms with van der Waals surface area (Å²) < 4.78 is 7.24. The van der Waals surface area contributed by atoms with Gasteiger partial charge in [0.25, 0.3) is 0 Å². The molecule has 1 unspecified atom stereocenters.